The molecule has 1 unspecified atom stereocenters. The number of halogens is 1. The summed E-state index contributed by atoms with van der Waals surface area (Å²) in [4.78, 5) is 14.3. The molecule has 0 spiro atoms. The van der Waals surface area contributed by atoms with Gasteiger partial charge in [-0.2, -0.15) is 0 Å². The fourth-order valence-corrected chi connectivity index (χ4v) is 2.62. The fourth-order valence-electron chi connectivity index (χ4n) is 2.62. The predicted molar refractivity (Wildman–Crippen MR) is 75.6 cm³/mol. The van der Waals surface area contributed by atoms with E-state index in [2.05, 4.69) is 5.32 Å². The van der Waals surface area contributed by atoms with Gasteiger partial charge in [-0.25, -0.2) is 4.39 Å². The van der Waals surface area contributed by atoms with Gasteiger partial charge in [-0.15, -0.1) is 0 Å². The van der Waals surface area contributed by atoms with Crippen LogP contribution in [0.5, 0.6) is 5.75 Å². The van der Waals surface area contributed by atoms with Gasteiger partial charge in [0.2, 0.25) is 0 Å². The third kappa shape index (κ3) is 3.10. The van der Waals surface area contributed by atoms with Crippen molar-refractivity contribution in [3.05, 3.63) is 29.6 Å². The van der Waals surface area contributed by atoms with Gasteiger partial charge in [-0.1, -0.05) is 0 Å². The Kier molecular flexibility index (Phi) is 4.95. The van der Waals surface area contributed by atoms with Gasteiger partial charge in [0.1, 0.15) is 11.6 Å². The van der Waals surface area contributed by atoms with Gasteiger partial charge in [0, 0.05) is 25.2 Å². The Balaban J connectivity index is 2.19. The molecule has 1 heterocycles. The van der Waals surface area contributed by atoms with Crippen LogP contribution in [-0.4, -0.2) is 43.6 Å². The SMILES string of the molecule is CCN(C(=O)c1ccc(OC)cc1F)C1CCCNC1. The highest BCUT2D eigenvalue weighted by Gasteiger charge is 2.26. The van der Waals surface area contributed by atoms with Crippen LogP contribution in [0.2, 0.25) is 0 Å². The molecule has 20 heavy (non-hydrogen) atoms. The highest BCUT2D eigenvalue weighted by molar-refractivity contribution is 5.94. The number of hydrogen-bond acceptors (Lipinski definition) is 3. The minimum atomic E-state index is -0.531. The molecule has 1 amide bonds. The number of carbonyl (C=O) groups excluding carboxylic acids is 1. The number of benzene rings is 1. The van der Waals surface area contributed by atoms with Crippen LogP contribution in [0, 0.1) is 5.82 Å². The van der Waals surface area contributed by atoms with Crippen LogP contribution in [0.4, 0.5) is 4.39 Å². The molecule has 1 aromatic carbocycles. The van der Waals surface area contributed by atoms with E-state index in [1.807, 2.05) is 6.92 Å². The van der Waals surface area contributed by atoms with E-state index in [1.165, 1.54) is 19.2 Å². The van der Waals surface area contributed by atoms with E-state index in [-0.39, 0.29) is 17.5 Å². The number of ether oxygens (including phenoxy) is 1. The lowest BCUT2D eigenvalue weighted by Gasteiger charge is -2.34. The summed E-state index contributed by atoms with van der Waals surface area (Å²) in [5, 5.41) is 3.28. The molecule has 0 saturated carbocycles. The number of piperidine rings is 1. The number of methoxy groups -OCH3 is 1. The number of hydrogen-bond donors (Lipinski definition) is 1. The second-order valence-electron chi connectivity index (χ2n) is 4.94. The predicted octanol–water partition coefficient (Wildman–Crippen LogP) is 2.05. The second kappa shape index (κ2) is 6.70. The maximum atomic E-state index is 14.0. The topological polar surface area (TPSA) is 41.6 Å². The van der Waals surface area contributed by atoms with Crippen molar-refractivity contribution in [2.24, 2.45) is 0 Å². The maximum absolute atomic E-state index is 14.0. The van der Waals surface area contributed by atoms with Crippen molar-refractivity contribution in [3.63, 3.8) is 0 Å². The quantitative estimate of drug-likeness (QED) is 0.918. The van der Waals surface area contributed by atoms with Crippen molar-refractivity contribution >= 4 is 5.91 Å². The average molecular weight is 280 g/mol. The first kappa shape index (κ1) is 14.8. The third-order valence-electron chi connectivity index (χ3n) is 3.72. The lowest BCUT2D eigenvalue weighted by atomic mass is 10.0. The van der Waals surface area contributed by atoms with E-state index >= 15 is 0 Å². The molecule has 2 rings (SSSR count). The summed E-state index contributed by atoms with van der Waals surface area (Å²) >= 11 is 0. The number of likely N-dealkylation sites (N-methyl/N-ethyl adjacent to an activating group) is 1. The molecule has 4 nitrogen and oxygen atoms in total. The fraction of sp³-hybridized carbons (Fsp3) is 0.533. The van der Waals surface area contributed by atoms with Crippen LogP contribution in [-0.2, 0) is 0 Å². The van der Waals surface area contributed by atoms with Crippen LogP contribution in [0.25, 0.3) is 0 Å². The van der Waals surface area contributed by atoms with Crippen molar-refractivity contribution in [1.29, 1.82) is 0 Å². The highest BCUT2D eigenvalue weighted by atomic mass is 19.1. The number of carbonyl (C=O) groups is 1. The summed E-state index contributed by atoms with van der Waals surface area (Å²) in [6, 6.07) is 4.50. The minimum absolute atomic E-state index is 0.109. The van der Waals surface area contributed by atoms with Crippen LogP contribution in [0.15, 0.2) is 18.2 Å². The lowest BCUT2D eigenvalue weighted by molar-refractivity contribution is 0.0657. The molecule has 0 radical (unpaired) electrons. The molecule has 1 fully saturated rings. The summed E-state index contributed by atoms with van der Waals surface area (Å²) in [7, 11) is 1.47. The van der Waals surface area contributed by atoms with E-state index < -0.39 is 5.82 Å². The highest BCUT2D eigenvalue weighted by Crippen LogP contribution is 2.20. The molecular weight excluding hydrogens is 259 g/mol. The van der Waals surface area contributed by atoms with Crippen molar-refractivity contribution in [2.45, 2.75) is 25.8 Å². The monoisotopic (exact) mass is 280 g/mol. The number of nitrogens with one attached hydrogen (secondary N) is 1. The molecule has 1 aliphatic heterocycles. The number of nitrogens with zero attached hydrogens (tertiary/aromatic N) is 1. The molecule has 1 N–H and O–H groups in total. The maximum Gasteiger partial charge on any atom is 0.257 e. The molecule has 1 aliphatic rings. The summed E-state index contributed by atoms with van der Waals surface area (Å²) in [6.45, 7) is 4.26. The molecule has 0 aliphatic carbocycles. The average Bonchev–Trinajstić information content (AvgIpc) is 2.48. The van der Waals surface area contributed by atoms with Crippen LogP contribution in [0.3, 0.4) is 0 Å². The Morgan fingerprint density at radius 1 is 1.55 bits per heavy atom. The van der Waals surface area contributed by atoms with Gasteiger partial charge in [-0.05, 0) is 38.4 Å². The van der Waals surface area contributed by atoms with Crippen LogP contribution >= 0.6 is 0 Å². The van der Waals surface area contributed by atoms with E-state index in [4.69, 9.17) is 4.74 Å². The summed E-state index contributed by atoms with van der Waals surface area (Å²) in [6.07, 6.45) is 2.00. The normalized spacial score (nSPS) is 18.6. The molecular formula is C15H21FN2O2. The van der Waals surface area contributed by atoms with Crippen molar-refractivity contribution in [3.8, 4) is 5.75 Å². The Labute approximate surface area is 118 Å². The second-order valence-corrected chi connectivity index (χ2v) is 4.94. The molecule has 1 saturated heterocycles. The van der Waals surface area contributed by atoms with E-state index in [0.717, 1.165) is 25.9 Å². The zero-order valence-electron chi connectivity index (χ0n) is 12.0. The summed E-state index contributed by atoms with van der Waals surface area (Å²) in [5.41, 5.74) is 0.109. The minimum Gasteiger partial charge on any atom is -0.497 e. The van der Waals surface area contributed by atoms with Gasteiger partial charge < -0.3 is 15.0 Å². The molecule has 1 aromatic rings. The van der Waals surface area contributed by atoms with Gasteiger partial charge >= 0.3 is 0 Å². The zero-order valence-corrected chi connectivity index (χ0v) is 12.0. The van der Waals surface area contributed by atoms with Crippen molar-refractivity contribution < 1.29 is 13.9 Å². The number of amides is 1. The Bertz CT molecular complexity index is 473. The van der Waals surface area contributed by atoms with E-state index in [0.29, 0.717) is 12.3 Å². The van der Waals surface area contributed by atoms with Gasteiger partial charge in [0.05, 0.1) is 12.7 Å². The standard InChI is InChI=1S/C15H21FN2O2/c1-3-18(11-5-4-8-17-10-11)15(19)13-7-6-12(20-2)9-14(13)16/h6-7,9,11,17H,3-5,8,10H2,1-2H3. The van der Waals surface area contributed by atoms with E-state index in [9.17, 15) is 9.18 Å². The lowest BCUT2D eigenvalue weighted by Crippen LogP contribution is -2.48. The first-order valence-electron chi connectivity index (χ1n) is 7.02. The van der Waals surface area contributed by atoms with Crippen LogP contribution in [0.1, 0.15) is 30.1 Å². The Hall–Kier alpha value is -1.62. The molecule has 110 valence electrons. The number of rotatable bonds is 4. The summed E-state index contributed by atoms with van der Waals surface area (Å²) in [5.74, 6) is -0.362. The zero-order chi connectivity index (χ0) is 14.5. The summed E-state index contributed by atoms with van der Waals surface area (Å²) < 4.78 is 19.0. The smallest absolute Gasteiger partial charge is 0.257 e. The molecule has 0 bridgehead atoms. The van der Waals surface area contributed by atoms with Gasteiger partial charge in [0.25, 0.3) is 5.91 Å². The Morgan fingerprint density at radius 3 is 2.90 bits per heavy atom. The van der Waals surface area contributed by atoms with Crippen molar-refractivity contribution in [2.75, 3.05) is 26.7 Å². The molecule has 1 atom stereocenters. The third-order valence-corrected chi connectivity index (χ3v) is 3.72. The first-order chi connectivity index (χ1) is 9.67. The first-order valence-corrected chi connectivity index (χ1v) is 7.02. The Morgan fingerprint density at radius 2 is 2.35 bits per heavy atom. The molecule has 5 heteroatoms. The van der Waals surface area contributed by atoms with E-state index in [1.54, 1.807) is 11.0 Å². The van der Waals surface area contributed by atoms with Crippen molar-refractivity contribution in [1.82, 2.24) is 10.2 Å². The largest absolute Gasteiger partial charge is 0.497 e. The van der Waals surface area contributed by atoms with Crippen LogP contribution < -0.4 is 10.1 Å². The van der Waals surface area contributed by atoms with Gasteiger partial charge in [0.15, 0.2) is 0 Å². The van der Waals surface area contributed by atoms with Gasteiger partial charge in [-0.3, -0.25) is 4.79 Å². The molecule has 0 aromatic heterocycles.